The number of nitrogens with zero attached hydrogens (tertiary/aromatic N) is 3. The summed E-state index contributed by atoms with van der Waals surface area (Å²) in [6, 6.07) is 10.3. The molecule has 2 aliphatic rings. The van der Waals surface area contributed by atoms with Gasteiger partial charge in [-0.15, -0.1) is 0 Å². The van der Waals surface area contributed by atoms with E-state index in [1.54, 1.807) is 0 Å². The molecule has 4 heteroatoms. The first-order valence-corrected chi connectivity index (χ1v) is 7.68. The number of hydrogen-bond acceptors (Lipinski definition) is 3. The van der Waals surface area contributed by atoms with E-state index in [9.17, 15) is 10.1 Å². The second-order valence-electron chi connectivity index (χ2n) is 6.02. The fourth-order valence-electron chi connectivity index (χ4n) is 3.03. The highest BCUT2D eigenvalue weighted by molar-refractivity contribution is 5.81. The maximum atomic E-state index is 12.1. The van der Waals surface area contributed by atoms with Gasteiger partial charge in [0.2, 0.25) is 5.91 Å². The van der Waals surface area contributed by atoms with Gasteiger partial charge in [-0.3, -0.25) is 9.69 Å². The Morgan fingerprint density at radius 1 is 1.24 bits per heavy atom. The van der Waals surface area contributed by atoms with Crippen molar-refractivity contribution in [1.29, 1.82) is 5.26 Å². The summed E-state index contributed by atoms with van der Waals surface area (Å²) in [6.45, 7) is 5.11. The lowest BCUT2D eigenvalue weighted by atomic mass is 10.0. The third-order valence-corrected chi connectivity index (χ3v) is 4.52. The molecule has 1 saturated carbocycles. The number of piperazine rings is 1. The Balaban J connectivity index is 1.66. The summed E-state index contributed by atoms with van der Waals surface area (Å²) in [4.78, 5) is 16.2. The second-order valence-corrected chi connectivity index (χ2v) is 6.02. The average molecular weight is 283 g/mol. The molecule has 0 radical (unpaired) electrons. The summed E-state index contributed by atoms with van der Waals surface area (Å²) in [7, 11) is 0. The molecule has 1 heterocycles. The van der Waals surface area contributed by atoms with Crippen molar-refractivity contribution in [2.75, 3.05) is 26.2 Å². The number of carbonyl (C=O) groups excluding carboxylic acids is 1. The van der Waals surface area contributed by atoms with E-state index in [1.165, 1.54) is 0 Å². The standard InChI is InChI=1S/C17H21N3O/c1-13-4-2-3-5-15(13)16(12-18)19-8-10-20(11-9-19)17(21)14-6-7-14/h2-5,14,16H,6-11H2,1H3. The number of aryl methyl sites for hydroxylation is 1. The quantitative estimate of drug-likeness (QED) is 0.853. The molecule has 21 heavy (non-hydrogen) atoms. The van der Waals surface area contributed by atoms with Crippen LogP contribution in [0.25, 0.3) is 0 Å². The Labute approximate surface area is 126 Å². The number of amides is 1. The lowest BCUT2D eigenvalue weighted by Gasteiger charge is -2.37. The van der Waals surface area contributed by atoms with Crippen LogP contribution in [-0.2, 0) is 4.79 Å². The summed E-state index contributed by atoms with van der Waals surface area (Å²) in [5, 5.41) is 9.56. The molecule has 1 aliphatic heterocycles. The van der Waals surface area contributed by atoms with Crippen molar-refractivity contribution in [3.63, 3.8) is 0 Å². The molecule has 0 N–H and O–H groups in total. The van der Waals surface area contributed by atoms with E-state index in [-0.39, 0.29) is 6.04 Å². The summed E-state index contributed by atoms with van der Waals surface area (Å²) in [5.74, 6) is 0.610. The zero-order chi connectivity index (χ0) is 14.8. The predicted octanol–water partition coefficient (Wildman–Crippen LogP) is 2.11. The van der Waals surface area contributed by atoms with Crippen molar-refractivity contribution in [2.24, 2.45) is 5.92 Å². The van der Waals surface area contributed by atoms with Crippen LogP contribution in [0.4, 0.5) is 0 Å². The van der Waals surface area contributed by atoms with Gasteiger partial charge in [-0.2, -0.15) is 5.26 Å². The normalized spacial score (nSPS) is 20.9. The smallest absolute Gasteiger partial charge is 0.225 e. The summed E-state index contributed by atoms with van der Waals surface area (Å²) in [6.07, 6.45) is 2.12. The largest absolute Gasteiger partial charge is 0.340 e. The van der Waals surface area contributed by atoms with E-state index in [2.05, 4.69) is 11.0 Å². The van der Waals surface area contributed by atoms with Crippen LogP contribution in [0.15, 0.2) is 24.3 Å². The Kier molecular flexibility index (Phi) is 3.94. The number of nitriles is 1. The van der Waals surface area contributed by atoms with Gasteiger partial charge in [0.25, 0.3) is 0 Å². The van der Waals surface area contributed by atoms with E-state index >= 15 is 0 Å². The molecule has 1 saturated heterocycles. The van der Waals surface area contributed by atoms with Gasteiger partial charge in [-0.1, -0.05) is 24.3 Å². The molecule has 0 bridgehead atoms. The Bertz CT molecular complexity index is 566. The van der Waals surface area contributed by atoms with Gasteiger partial charge in [0.05, 0.1) is 6.07 Å². The third kappa shape index (κ3) is 2.93. The zero-order valence-electron chi connectivity index (χ0n) is 12.5. The van der Waals surface area contributed by atoms with Crippen molar-refractivity contribution in [2.45, 2.75) is 25.8 Å². The summed E-state index contributed by atoms with van der Waals surface area (Å²) in [5.41, 5.74) is 2.24. The van der Waals surface area contributed by atoms with Crippen LogP contribution in [0.1, 0.15) is 30.0 Å². The minimum Gasteiger partial charge on any atom is -0.340 e. The van der Waals surface area contributed by atoms with Gasteiger partial charge in [0, 0.05) is 32.1 Å². The van der Waals surface area contributed by atoms with Crippen molar-refractivity contribution in [1.82, 2.24) is 9.80 Å². The maximum Gasteiger partial charge on any atom is 0.225 e. The number of hydrogen-bond donors (Lipinski definition) is 0. The van der Waals surface area contributed by atoms with E-state index in [0.717, 1.165) is 50.1 Å². The summed E-state index contributed by atoms with van der Waals surface area (Å²) < 4.78 is 0. The molecule has 110 valence electrons. The van der Waals surface area contributed by atoms with Crippen LogP contribution in [0, 0.1) is 24.2 Å². The SMILES string of the molecule is Cc1ccccc1C(C#N)N1CCN(C(=O)C2CC2)CC1. The Morgan fingerprint density at radius 3 is 2.48 bits per heavy atom. The predicted molar refractivity (Wildman–Crippen MR) is 80.4 cm³/mol. The van der Waals surface area contributed by atoms with Crippen LogP contribution >= 0.6 is 0 Å². The van der Waals surface area contributed by atoms with Crippen molar-refractivity contribution in [3.8, 4) is 6.07 Å². The monoisotopic (exact) mass is 283 g/mol. The van der Waals surface area contributed by atoms with Gasteiger partial charge < -0.3 is 4.90 Å². The van der Waals surface area contributed by atoms with Crippen LogP contribution in [0.2, 0.25) is 0 Å². The molecule has 4 nitrogen and oxygen atoms in total. The minimum absolute atomic E-state index is 0.204. The highest BCUT2D eigenvalue weighted by Crippen LogP contribution is 2.32. The van der Waals surface area contributed by atoms with E-state index in [1.807, 2.05) is 36.1 Å². The van der Waals surface area contributed by atoms with Crippen LogP contribution in [-0.4, -0.2) is 41.9 Å². The fraction of sp³-hybridized carbons (Fsp3) is 0.529. The van der Waals surface area contributed by atoms with Crippen molar-refractivity contribution < 1.29 is 4.79 Å². The highest BCUT2D eigenvalue weighted by atomic mass is 16.2. The van der Waals surface area contributed by atoms with Gasteiger partial charge in [0.1, 0.15) is 6.04 Å². The van der Waals surface area contributed by atoms with Crippen molar-refractivity contribution in [3.05, 3.63) is 35.4 Å². The molecule has 1 atom stereocenters. The molecular weight excluding hydrogens is 262 g/mol. The second kappa shape index (κ2) is 5.87. The van der Waals surface area contributed by atoms with Gasteiger partial charge >= 0.3 is 0 Å². The molecule has 3 rings (SSSR count). The lowest BCUT2D eigenvalue weighted by molar-refractivity contribution is -0.134. The third-order valence-electron chi connectivity index (χ3n) is 4.52. The molecule has 1 amide bonds. The van der Waals surface area contributed by atoms with Crippen LogP contribution < -0.4 is 0 Å². The van der Waals surface area contributed by atoms with E-state index < -0.39 is 0 Å². The summed E-state index contributed by atoms with van der Waals surface area (Å²) >= 11 is 0. The molecule has 0 spiro atoms. The van der Waals surface area contributed by atoms with Gasteiger partial charge in [0.15, 0.2) is 0 Å². The fourth-order valence-corrected chi connectivity index (χ4v) is 3.03. The van der Waals surface area contributed by atoms with Crippen LogP contribution in [0.5, 0.6) is 0 Å². The number of carbonyl (C=O) groups is 1. The minimum atomic E-state index is -0.204. The Hall–Kier alpha value is -1.86. The Morgan fingerprint density at radius 2 is 1.90 bits per heavy atom. The highest BCUT2D eigenvalue weighted by Gasteiger charge is 2.35. The number of benzene rings is 1. The molecule has 1 aromatic rings. The van der Waals surface area contributed by atoms with E-state index in [0.29, 0.717) is 11.8 Å². The maximum absolute atomic E-state index is 12.1. The molecule has 1 aliphatic carbocycles. The van der Waals surface area contributed by atoms with E-state index in [4.69, 9.17) is 0 Å². The molecular formula is C17H21N3O. The molecule has 2 fully saturated rings. The first-order valence-electron chi connectivity index (χ1n) is 7.68. The van der Waals surface area contributed by atoms with Crippen LogP contribution in [0.3, 0.4) is 0 Å². The zero-order valence-corrected chi connectivity index (χ0v) is 12.5. The van der Waals surface area contributed by atoms with Gasteiger partial charge in [-0.05, 0) is 30.9 Å². The first-order chi connectivity index (χ1) is 10.2. The average Bonchev–Trinajstić information content (AvgIpc) is 3.35. The lowest BCUT2D eigenvalue weighted by Crippen LogP contribution is -2.50. The molecule has 0 aromatic heterocycles. The van der Waals surface area contributed by atoms with Gasteiger partial charge in [-0.25, -0.2) is 0 Å². The topological polar surface area (TPSA) is 47.3 Å². The molecule has 1 unspecified atom stereocenters. The molecule has 1 aromatic carbocycles. The number of rotatable bonds is 3. The van der Waals surface area contributed by atoms with Crippen molar-refractivity contribution >= 4 is 5.91 Å². The first kappa shape index (κ1) is 14.1.